The largest absolute Gasteiger partial charge is 0.388 e. The van der Waals surface area contributed by atoms with Crippen LogP contribution in [-0.4, -0.2) is 59.7 Å². The maximum atomic E-state index is 10.8. The minimum absolute atomic E-state index is 0.218. The van der Waals surface area contributed by atoms with E-state index >= 15 is 0 Å². The molecule has 0 saturated carbocycles. The van der Waals surface area contributed by atoms with Crippen molar-refractivity contribution in [3.63, 3.8) is 0 Å². The number of nitrogens with zero attached hydrogens (tertiary/aromatic N) is 3. The van der Waals surface area contributed by atoms with E-state index < -0.39 is 30.7 Å². The molecule has 0 rings (SSSR count). The van der Waals surface area contributed by atoms with Crippen LogP contribution in [0.1, 0.15) is 0 Å². The van der Waals surface area contributed by atoms with Crippen molar-refractivity contribution in [2.75, 3.05) is 20.3 Å². The van der Waals surface area contributed by atoms with E-state index in [1.807, 2.05) is 0 Å². The smallest absolute Gasteiger partial charge is 0.189 e. The van der Waals surface area contributed by atoms with Crippen molar-refractivity contribution in [3.05, 3.63) is 10.4 Å². The quantitative estimate of drug-likeness (QED) is 0.274. The van der Waals surface area contributed by atoms with Gasteiger partial charge in [-0.25, -0.2) is 0 Å². The highest BCUT2D eigenvalue weighted by Crippen LogP contribution is 2.05. The molecular weight excluding hydrogens is 206 g/mol. The molecule has 8 nitrogen and oxygen atoms in total. The molecule has 0 unspecified atom stereocenters. The van der Waals surface area contributed by atoms with Gasteiger partial charge in [0, 0.05) is 12.0 Å². The van der Waals surface area contributed by atoms with Crippen molar-refractivity contribution < 1.29 is 24.9 Å². The molecule has 0 amide bonds. The predicted molar refractivity (Wildman–Crippen MR) is 48.9 cm³/mol. The lowest BCUT2D eigenvalue weighted by Crippen LogP contribution is -2.45. The minimum atomic E-state index is -1.76. The molecule has 0 fully saturated rings. The van der Waals surface area contributed by atoms with Crippen LogP contribution in [0.5, 0.6) is 0 Å². The van der Waals surface area contributed by atoms with Crippen molar-refractivity contribution in [1.29, 1.82) is 0 Å². The van der Waals surface area contributed by atoms with Crippen molar-refractivity contribution in [2.24, 2.45) is 5.11 Å². The lowest BCUT2D eigenvalue weighted by Gasteiger charge is -2.23. The molecular formula is C7H13N3O5. The molecule has 0 bridgehead atoms. The Morgan fingerprint density at radius 3 is 2.60 bits per heavy atom. The summed E-state index contributed by atoms with van der Waals surface area (Å²) in [4.78, 5) is 13.3. The molecule has 0 heterocycles. The fourth-order valence-electron chi connectivity index (χ4n) is 0.926. The lowest BCUT2D eigenvalue weighted by molar-refractivity contribution is -0.142. The molecule has 0 aliphatic carbocycles. The predicted octanol–water partition coefficient (Wildman–Crippen LogP) is -1.41. The summed E-state index contributed by atoms with van der Waals surface area (Å²) in [5.41, 5.74) is 8.04. The zero-order valence-corrected chi connectivity index (χ0v) is 8.15. The van der Waals surface area contributed by atoms with E-state index in [9.17, 15) is 15.0 Å². The summed E-state index contributed by atoms with van der Waals surface area (Å²) in [6.45, 7) is -1.10. The minimum Gasteiger partial charge on any atom is -0.388 e. The summed E-state index contributed by atoms with van der Waals surface area (Å²) in [5, 5.41) is 30.2. The van der Waals surface area contributed by atoms with Crippen LogP contribution >= 0.6 is 0 Å². The molecule has 0 aromatic heterocycles. The first kappa shape index (κ1) is 13.8. The average Bonchev–Trinajstić information content (AvgIpc) is 2.27. The van der Waals surface area contributed by atoms with Gasteiger partial charge in [-0.05, 0) is 5.53 Å². The number of methoxy groups -OCH3 is 1. The molecule has 0 aliphatic heterocycles. The van der Waals surface area contributed by atoms with Crippen LogP contribution in [0, 0.1) is 0 Å². The van der Waals surface area contributed by atoms with Gasteiger partial charge in [0.2, 0.25) is 0 Å². The zero-order chi connectivity index (χ0) is 11.8. The maximum absolute atomic E-state index is 10.8. The average molecular weight is 219 g/mol. The number of carbonyl (C=O) groups excluding carboxylic acids is 1. The second kappa shape index (κ2) is 7.16. The van der Waals surface area contributed by atoms with Crippen LogP contribution in [0.4, 0.5) is 0 Å². The molecule has 0 aromatic carbocycles. The van der Waals surface area contributed by atoms with Crippen LogP contribution in [0.25, 0.3) is 10.4 Å². The van der Waals surface area contributed by atoms with Crippen LogP contribution in [0.3, 0.4) is 0 Å². The molecule has 8 heteroatoms. The Morgan fingerprint density at radius 2 is 2.20 bits per heavy atom. The van der Waals surface area contributed by atoms with Gasteiger partial charge in [0.1, 0.15) is 18.8 Å². The first-order valence-corrected chi connectivity index (χ1v) is 4.11. The third-order valence-electron chi connectivity index (χ3n) is 1.82. The second-order valence-corrected chi connectivity index (χ2v) is 2.75. The molecule has 0 spiro atoms. The Morgan fingerprint density at radius 1 is 1.60 bits per heavy atom. The fraction of sp³-hybridized carbons (Fsp3) is 0.857. The Bertz CT molecular complexity index is 253. The topological polar surface area (TPSA) is 136 Å². The second-order valence-electron chi connectivity index (χ2n) is 2.75. The summed E-state index contributed by atoms with van der Waals surface area (Å²) in [6.07, 6.45) is -4.29. The van der Waals surface area contributed by atoms with Crippen molar-refractivity contribution in [3.8, 4) is 0 Å². The number of azide groups is 1. The van der Waals surface area contributed by atoms with E-state index in [0.717, 1.165) is 0 Å². The van der Waals surface area contributed by atoms with E-state index in [0.29, 0.717) is 0 Å². The van der Waals surface area contributed by atoms with Gasteiger partial charge in [-0.1, -0.05) is 5.11 Å². The Kier molecular flexibility index (Phi) is 6.59. The molecule has 3 atom stereocenters. The zero-order valence-electron chi connectivity index (χ0n) is 8.15. The maximum Gasteiger partial charge on any atom is 0.189 e. The number of Topliss-reactive ketones (excluding diaryl/α,β-unsaturated/α-hetero) is 1. The van der Waals surface area contributed by atoms with Crippen LogP contribution in [0.15, 0.2) is 5.11 Å². The summed E-state index contributed by atoms with van der Waals surface area (Å²) < 4.78 is 4.72. The van der Waals surface area contributed by atoms with E-state index in [4.69, 9.17) is 15.4 Å². The molecule has 0 radical (unpaired) electrons. The summed E-state index contributed by atoms with van der Waals surface area (Å²) in [6, 6.07) is 0. The molecule has 3 N–H and O–H groups in total. The summed E-state index contributed by atoms with van der Waals surface area (Å²) in [7, 11) is 1.23. The van der Waals surface area contributed by atoms with Crippen molar-refractivity contribution in [2.45, 2.75) is 18.3 Å². The third-order valence-corrected chi connectivity index (χ3v) is 1.82. The highest BCUT2D eigenvalue weighted by atomic mass is 16.5. The number of hydrogen-bond acceptors (Lipinski definition) is 6. The Labute approximate surface area is 85.7 Å². The number of carbonyl (C=O) groups is 1. The van der Waals surface area contributed by atoms with Gasteiger partial charge in [0.15, 0.2) is 5.78 Å². The van der Waals surface area contributed by atoms with Gasteiger partial charge >= 0.3 is 0 Å². The molecule has 86 valence electrons. The molecule has 0 aliphatic rings. The monoisotopic (exact) mass is 219 g/mol. The fourth-order valence-corrected chi connectivity index (χ4v) is 0.926. The number of ketones is 1. The van der Waals surface area contributed by atoms with Crippen molar-refractivity contribution in [1.82, 2.24) is 0 Å². The first-order chi connectivity index (χ1) is 7.08. The van der Waals surface area contributed by atoms with Gasteiger partial charge in [-0.3, -0.25) is 4.79 Å². The van der Waals surface area contributed by atoms with Crippen LogP contribution < -0.4 is 0 Å². The van der Waals surface area contributed by atoms with Gasteiger partial charge < -0.3 is 20.1 Å². The SMILES string of the molecule is CO[C@@H](CN=[N+]=[N-])[C@H](O)[C@H](O)C(=O)CO. The van der Waals surface area contributed by atoms with Gasteiger partial charge in [-0.2, -0.15) is 0 Å². The Balaban J connectivity index is 4.41. The summed E-state index contributed by atoms with van der Waals surface area (Å²) >= 11 is 0. The highest BCUT2D eigenvalue weighted by Gasteiger charge is 2.30. The number of ether oxygens (including phenoxy) is 1. The van der Waals surface area contributed by atoms with E-state index in [1.165, 1.54) is 7.11 Å². The lowest BCUT2D eigenvalue weighted by atomic mass is 10.0. The van der Waals surface area contributed by atoms with Gasteiger partial charge in [0.05, 0.1) is 12.6 Å². The van der Waals surface area contributed by atoms with Crippen LogP contribution in [0.2, 0.25) is 0 Å². The summed E-state index contributed by atoms with van der Waals surface area (Å²) in [5.74, 6) is -0.925. The third kappa shape index (κ3) is 4.24. The van der Waals surface area contributed by atoms with E-state index in [1.54, 1.807) is 0 Å². The van der Waals surface area contributed by atoms with Gasteiger partial charge in [-0.15, -0.1) is 0 Å². The Hall–Kier alpha value is -1.18. The number of rotatable bonds is 7. The first-order valence-electron chi connectivity index (χ1n) is 4.11. The normalized spacial score (nSPS) is 16.3. The molecule has 0 aromatic rings. The number of hydrogen-bond donors (Lipinski definition) is 3. The standard InChI is InChI=1S/C7H13N3O5/c1-15-5(2-9-10-8)7(14)6(13)4(12)3-11/h5-7,11,13-14H,2-3H2,1H3/t5-,6+,7-/m0/s1. The number of aliphatic hydroxyl groups excluding tert-OH is 3. The number of aliphatic hydroxyl groups is 3. The van der Waals surface area contributed by atoms with Crippen LogP contribution in [-0.2, 0) is 9.53 Å². The van der Waals surface area contributed by atoms with Crippen molar-refractivity contribution >= 4 is 5.78 Å². The van der Waals surface area contributed by atoms with E-state index in [2.05, 4.69) is 10.0 Å². The van der Waals surface area contributed by atoms with E-state index in [-0.39, 0.29) is 6.54 Å². The molecule has 0 saturated heterocycles. The molecule has 15 heavy (non-hydrogen) atoms. The van der Waals surface area contributed by atoms with Gasteiger partial charge in [0.25, 0.3) is 0 Å². The highest BCUT2D eigenvalue weighted by molar-refractivity contribution is 5.84.